The molecule has 3 rings (SSSR count). The lowest BCUT2D eigenvalue weighted by atomic mass is 10.3. The monoisotopic (exact) mass is 373 g/mol. The molecule has 0 atom stereocenters. The first-order chi connectivity index (χ1) is 13.0. The fourth-order valence-corrected chi connectivity index (χ4v) is 2.83. The summed E-state index contributed by atoms with van der Waals surface area (Å²) < 4.78 is 0. The molecule has 27 heavy (non-hydrogen) atoms. The highest BCUT2D eigenvalue weighted by Crippen LogP contribution is 2.16. The Morgan fingerprint density at radius 2 is 1.89 bits per heavy atom. The Bertz CT molecular complexity index is 828. The molecule has 0 bridgehead atoms. The van der Waals surface area contributed by atoms with Crippen molar-refractivity contribution < 1.29 is 12.4 Å². The Morgan fingerprint density at radius 3 is 2.52 bits per heavy atom. The van der Waals surface area contributed by atoms with Crippen molar-refractivity contribution in [1.82, 2.24) is 24.8 Å². The predicted molar refractivity (Wildman–Crippen MR) is 106 cm³/mol. The molecule has 3 heterocycles. The average Bonchev–Trinajstić information content (AvgIpc) is 2.68. The van der Waals surface area contributed by atoms with Crippen LogP contribution in [0, 0.1) is 6.92 Å². The van der Waals surface area contributed by atoms with Crippen LogP contribution in [-0.4, -0.2) is 77.0 Å². The third kappa shape index (κ3) is 4.30. The van der Waals surface area contributed by atoms with Crippen molar-refractivity contribution >= 4 is 23.6 Å². The van der Waals surface area contributed by atoms with Gasteiger partial charge in [0.05, 0.1) is 11.9 Å². The summed E-state index contributed by atoms with van der Waals surface area (Å²) in [5.74, 6) is 0.746. The number of nitrogens with zero attached hydrogens (tertiary/aromatic N) is 6. The van der Waals surface area contributed by atoms with Crippen LogP contribution in [0.3, 0.4) is 0 Å². The summed E-state index contributed by atoms with van der Waals surface area (Å²) in [6.45, 7) is 4.22. The maximum atomic E-state index is 12.6. The second-order valence-electron chi connectivity index (χ2n) is 6.48. The average molecular weight is 373 g/mol. The fourth-order valence-electron chi connectivity index (χ4n) is 2.83. The molecule has 2 aromatic rings. The SMILES string of the molecule is Cc1ncc(N2CCN(C(=O)N(C)C)CC2)nc1C(=O)Nc1ccccn1.[HH].[HH]. The number of rotatable bonds is 3. The molecule has 0 aromatic carbocycles. The van der Waals surface area contributed by atoms with Gasteiger partial charge in [0, 0.05) is 49.3 Å². The third-order valence-corrected chi connectivity index (χ3v) is 4.32. The molecule has 0 aliphatic carbocycles. The number of urea groups is 1. The molecule has 0 radical (unpaired) electrons. The van der Waals surface area contributed by atoms with Crippen molar-refractivity contribution in [3.8, 4) is 0 Å². The van der Waals surface area contributed by atoms with Crippen LogP contribution in [0.15, 0.2) is 30.6 Å². The number of anilines is 2. The maximum absolute atomic E-state index is 12.6. The van der Waals surface area contributed by atoms with Crippen LogP contribution in [0.4, 0.5) is 16.4 Å². The lowest BCUT2D eigenvalue weighted by molar-refractivity contribution is 0.102. The van der Waals surface area contributed by atoms with Gasteiger partial charge in [-0.15, -0.1) is 0 Å². The second kappa shape index (κ2) is 7.98. The van der Waals surface area contributed by atoms with Gasteiger partial charge >= 0.3 is 6.03 Å². The molecule has 1 aliphatic rings. The zero-order valence-corrected chi connectivity index (χ0v) is 15.7. The van der Waals surface area contributed by atoms with Gasteiger partial charge < -0.3 is 20.0 Å². The highest BCUT2D eigenvalue weighted by Gasteiger charge is 2.24. The number of amides is 3. The van der Waals surface area contributed by atoms with E-state index < -0.39 is 0 Å². The molecule has 1 saturated heterocycles. The zero-order valence-electron chi connectivity index (χ0n) is 15.7. The summed E-state index contributed by atoms with van der Waals surface area (Å²) in [6.07, 6.45) is 3.27. The molecule has 2 aromatic heterocycles. The molecule has 1 fully saturated rings. The number of piperazine rings is 1. The summed E-state index contributed by atoms with van der Waals surface area (Å²) >= 11 is 0. The molecule has 0 spiro atoms. The van der Waals surface area contributed by atoms with Gasteiger partial charge in [-0.05, 0) is 19.1 Å². The molecular weight excluding hydrogens is 346 g/mol. The van der Waals surface area contributed by atoms with Crippen molar-refractivity contribution in [1.29, 1.82) is 0 Å². The van der Waals surface area contributed by atoms with E-state index in [1.807, 2.05) is 4.90 Å². The summed E-state index contributed by atoms with van der Waals surface area (Å²) in [4.78, 5) is 42.9. The summed E-state index contributed by atoms with van der Waals surface area (Å²) in [5, 5.41) is 2.73. The molecule has 0 unspecified atom stereocenters. The smallest absolute Gasteiger partial charge is 0.319 e. The molecule has 3 amide bonds. The highest BCUT2D eigenvalue weighted by atomic mass is 16.2. The highest BCUT2D eigenvalue weighted by molar-refractivity contribution is 6.03. The van der Waals surface area contributed by atoms with Gasteiger partial charge in [0.2, 0.25) is 0 Å². The van der Waals surface area contributed by atoms with E-state index in [4.69, 9.17) is 0 Å². The second-order valence-corrected chi connectivity index (χ2v) is 6.48. The van der Waals surface area contributed by atoms with Crippen LogP contribution >= 0.6 is 0 Å². The van der Waals surface area contributed by atoms with Crippen LogP contribution in [-0.2, 0) is 0 Å². The number of pyridine rings is 1. The van der Waals surface area contributed by atoms with Crippen LogP contribution in [0.2, 0.25) is 0 Å². The van der Waals surface area contributed by atoms with E-state index in [1.54, 1.807) is 61.4 Å². The van der Waals surface area contributed by atoms with E-state index in [0.717, 1.165) is 0 Å². The summed E-state index contributed by atoms with van der Waals surface area (Å²) in [7, 11) is 3.49. The number of nitrogens with one attached hydrogen (secondary N) is 1. The van der Waals surface area contributed by atoms with Crippen LogP contribution in [0.25, 0.3) is 0 Å². The zero-order chi connectivity index (χ0) is 19.4. The summed E-state index contributed by atoms with van der Waals surface area (Å²) in [6, 6.07) is 5.29. The van der Waals surface area contributed by atoms with E-state index >= 15 is 0 Å². The topological polar surface area (TPSA) is 94.6 Å². The fraction of sp³-hybridized carbons (Fsp3) is 0.389. The van der Waals surface area contributed by atoms with Crippen molar-refractivity contribution in [2.45, 2.75) is 6.92 Å². The molecule has 9 nitrogen and oxygen atoms in total. The number of hydrogen-bond acceptors (Lipinski definition) is 6. The van der Waals surface area contributed by atoms with Gasteiger partial charge in [-0.2, -0.15) is 0 Å². The van der Waals surface area contributed by atoms with E-state index in [0.29, 0.717) is 43.5 Å². The molecule has 9 heteroatoms. The number of carbonyl (C=O) groups excluding carboxylic acids is 2. The normalized spacial score (nSPS) is 14.0. The largest absolute Gasteiger partial charge is 0.352 e. The van der Waals surface area contributed by atoms with E-state index in [2.05, 4.69) is 20.3 Å². The minimum atomic E-state index is -0.345. The van der Waals surface area contributed by atoms with E-state index in [9.17, 15) is 9.59 Å². The van der Waals surface area contributed by atoms with Gasteiger partial charge in [0.15, 0.2) is 5.69 Å². The van der Waals surface area contributed by atoms with E-state index in [-0.39, 0.29) is 20.5 Å². The minimum Gasteiger partial charge on any atom is -0.352 e. The molecule has 0 saturated carbocycles. The van der Waals surface area contributed by atoms with Crippen LogP contribution in [0.1, 0.15) is 19.0 Å². The first-order valence-electron chi connectivity index (χ1n) is 8.73. The van der Waals surface area contributed by atoms with Crippen LogP contribution in [0.5, 0.6) is 0 Å². The Kier molecular flexibility index (Phi) is 5.49. The molecule has 1 aliphatic heterocycles. The van der Waals surface area contributed by atoms with Gasteiger partial charge in [-0.25, -0.2) is 14.8 Å². The lowest BCUT2D eigenvalue weighted by Crippen LogP contribution is -2.51. The van der Waals surface area contributed by atoms with Crippen molar-refractivity contribution in [2.24, 2.45) is 0 Å². The molecular formula is C18H27N7O2. The Labute approximate surface area is 161 Å². The van der Waals surface area contributed by atoms with Crippen LogP contribution < -0.4 is 10.2 Å². The van der Waals surface area contributed by atoms with Gasteiger partial charge in [0.25, 0.3) is 5.91 Å². The molecule has 1 N–H and O–H groups in total. The van der Waals surface area contributed by atoms with Gasteiger partial charge in [0.1, 0.15) is 11.6 Å². The van der Waals surface area contributed by atoms with Gasteiger partial charge in [-0.3, -0.25) is 9.78 Å². The first-order valence-corrected chi connectivity index (χ1v) is 8.73. The minimum absolute atomic E-state index is 0. The summed E-state index contributed by atoms with van der Waals surface area (Å²) in [5.41, 5.74) is 0.818. The number of carbonyl (C=O) groups is 2. The Balaban J connectivity index is 0.00000210. The number of hydrogen-bond donors (Lipinski definition) is 1. The lowest BCUT2D eigenvalue weighted by Gasteiger charge is -2.36. The quantitative estimate of drug-likeness (QED) is 0.880. The van der Waals surface area contributed by atoms with Crippen molar-refractivity contribution in [2.75, 3.05) is 50.5 Å². The van der Waals surface area contributed by atoms with Crippen molar-refractivity contribution in [3.05, 3.63) is 42.0 Å². The van der Waals surface area contributed by atoms with Gasteiger partial charge in [-0.1, -0.05) is 6.07 Å². The Hall–Kier alpha value is -3.23. The third-order valence-electron chi connectivity index (χ3n) is 4.32. The Morgan fingerprint density at radius 1 is 1.15 bits per heavy atom. The number of aromatic nitrogens is 3. The van der Waals surface area contributed by atoms with E-state index in [1.165, 1.54) is 0 Å². The first kappa shape index (κ1) is 18.6. The standard InChI is InChI=1S/C18H23N7O2.2H2/c1-13-16(17(26)21-14-6-4-5-7-19-14)22-15(12-20-13)24-8-10-25(11-9-24)18(27)23(2)3;;/h4-7,12H,8-11H2,1-3H3,(H,19,21,26);2*1H. The number of aryl methyl sites for hydroxylation is 1. The predicted octanol–water partition coefficient (Wildman–Crippen LogP) is 1.73. The maximum Gasteiger partial charge on any atom is 0.319 e. The van der Waals surface area contributed by atoms with Crippen molar-refractivity contribution in [3.63, 3.8) is 0 Å². The molecule has 146 valence electrons.